The van der Waals surface area contributed by atoms with Gasteiger partial charge in [-0.05, 0) is 73.1 Å². The van der Waals surface area contributed by atoms with Crippen LogP contribution in [-0.4, -0.2) is 40.8 Å². The van der Waals surface area contributed by atoms with Crippen LogP contribution in [0.4, 0.5) is 24.8 Å². The van der Waals surface area contributed by atoms with Crippen molar-refractivity contribution in [2.75, 3.05) is 19.4 Å². The first-order valence-electron chi connectivity index (χ1n) is 11.7. The van der Waals surface area contributed by atoms with E-state index in [1.165, 1.54) is 29.2 Å². The summed E-state index contributed by atoms with van der Waals surface area (Å²) in [7, 11) is 3.41. The standard InChI is InChI=1S/C26H31F3N4O2/c1-16-12-19(15-25(2,3)14-16)33-22-11-6-17(23(34)32(4)5)13-21(22)31-24(33)30-18-7-9-20(10-8-18)35-26(27,28)29/h6-11,13,16,19H,12,14-15H2,1-5H3,(H,30,31)/t16-,19?/m0/s1. The van der Waals surface area contributed by atoms with E-state index in [1.807, 2.05) is 12.1 Å². The summed E-state index contributed by atoms with van der Waals surface area (Å²) in [6.45, 7) is 6.80. The molecule has 4 rings (SSSR count). The first-order chi connectivity index (χ1) is 16.3. The summed E-state index contributed by atoms with van der Waals surface area (Å²) in [6, 6.07) is 11.3. The molecular weight excluding hydrogens is 457 g/mol. The molecule has 3 aromatic rings. The molecule has 1 aliphatic carbocycles. The zero-order valence-corrected chi connectivity index (χ0v) is 20.6. The molecule has 0 aliphatic heterocycles. The highest BCUT2D eigenvalue weighted by atomic mass is 19.4. The predicted octanol–water partition coefficient (Wildman–Crippen LogP) is 6.77. The number of benzene rings is 2. The molecule has 1 unspecified atom stereocenters. The van der Waals surface area contributed by atoms with Gasteiger partial charge in [-0.3, -0.25) is 4.79 Å². The number of hydrogen-bond donors (Lipinski definition) is 1. The number of amides is 1. The molecule has 1 aromatic heterocycles. The zero-order chi connectivity index (χ0) is 25.5. The van der Waals surface area contributed by atoms with Crippen LogP contribution in [0.3, 0.4) is 0 Å². The lowest BCUT2D eigenvalue weighted by molar-refractivity contribution is -0.274. The number of nitrogens with zero attached hydrogens (tertiary/aromatic N) is 3. The van der Waals surface area contributed by atoms with Crippen LogP contribution in [0.1, 0.15) is 56.4 Å². The van der Waals surface area contributed by atoms with Crippen LogP contribution < -0.4 is 10.1 Å². The Labute approximate surface area is 203 Å². The Kier molecular flexibility index (Phi) is 6.46. The average Bonchev–Trinajstić information content (AvgIpc) is 3.09. The summed E-state index contributed by atoms with van der Waals surface area (Å²) >= 11 is 0. The molecule has 2 aromatic carbocycles. The van der Waals surface area contributed by atoms with E-state index in [0.717, 1.165) is 24.8 Å². The van der Waals surface area contributed by atoms with Crippen molar-refractivity contribution in [3.05, 3.63) is 48.0 Å². The Bertz CT molecular complexity index is 1220. The first-order valence-corrected chi connectivity index (χ1v) is 11.7. The van der Waals surface area contributed by atoms with Gasteiger partial charge >= 0.3 is 6.36 Å². The van der Waals surface area contributed by atoms with Crippen molar-refractivity contribution in [2.24, 2.45) is 11.3 Å². The highest BCUT2D eigenvalue weighted by Crippen LogP contribution is 2.46. The first kappa shape index (κ1) is 24.9. The van der Waals surface area contributed by atoms with Gasteiger partial charge in [0, 0.05) is 31.4 Å². The number of aromatic nitrogens is 2. The fourth-order valence-corrected chi connectivity index (χ4v) is 5.31. The van der Waals surface area contributed by atoms with Crippen molar-refractivity contribution in [3.8, 4) is 5.75 Å². The van der Waals surface area contributed by atoms with Crippen molar-refractivity contribution in [1.82, 2.24) is 14.5 Å². The van der Waals surface area contributed by atoms with E-state index in [0.29, 0.717) is 28.6 Å². The molecule has 0 spiro atoms. The van der Waals surface area contributed by atoms with Gasteiger partial charge in [-0.2, -0.15) is 0 Å². The van der Waals surface area contributed by atoms with Crippen molar-refractivity contribution in [3.63, 3.8) is 0 Å². The molecule has 35 heavy (non-hydrogen) atoms. The molecule has 1 aliphatic rings. The smallest absolute Gasteiger partial charge is 0.406 e. The number of nitrogens with one attached hydrogen (secondary N) is 1. The molecule has 1 heterocycles. The number of carbonyl (C=O) groups excluding carboxylic acids is 1. The number of rotatable bonds is 5. The normalized spacial score (nSPS) is 20.0. The molecule has 1 N–H and O–H groups in total. The molecule has 1 fully saturated rings. The third-order valence-corrected chi connectivity index (χ3v) is 6.42. The minimum Gasteiger partial charge on any atom is -0.406 e. The third-order valence-electron chi connectivity index (χ3n) is 6.42. The van der Waals surface area contributed by atoms with E-state index >= 15 is 0 Å². The van der Waals surface area contributed by atoms with Crippen LogP contribution in [-0.2, 0) is 0 Å². The lowest BCUT2D eigenvalue weighted by atomic mass is 9.70. The van der Waals surface area contributed by atoms with E-state index in [4.69, 9.17) is 4.98 Å². The van der Waals surface area contributed by atoms with Crippen molar-refractivity contribution < 1.29 is 22.7 Å². The van der Waals surface area contributed by atoms with Crippen molar-refractivity contribution >= 4 is 28.6 Å². The second kappa shape index (κ2) is 9.09. The summed E-state index contributed by atoms with van der Waals surface area (Å²) in [5.41, 5.74) is 2.89. The molecular formula is C26H31F3N4O2. The number of imidazole rings is 1. The Balaban J connectivity index is 1.74. The van der Waals surface area contributed by atoms with Gasteiger partial charge < -0.3 is 19.5 Å². The second-order valence-corrected chi connectivity index (χ2v) is 10.5. The Morgan fingerprint density at radius 2 is 1.83 bits per heavy atom. The van der Waals surface area contributed by atoms with Gasteiger partial charge in [-0.1, -0.05) is 20.8 Å². The highest BCUT2D eigenvalue weighted by Gasteiger charge is 2.35. The predicted molar refractivity (Wildman–Crippen MR) is 130 cm³/mol. The molecule has 9 heteroatoms. The van der Waals surface area contributed by atoms with E-state index < -0.39 is 6.36 Å². The molecule has 0 radical (unpaired) electrons. The number of anilines is 2. The van der Waals surface area contributed by atoms with Gasteiger partial charge in [0.15, 0.2) is 0 Å². The van der Waals surface area contributed by atoms with E-state index in [9.17, 15) is 18.0 Å². The maximum absolute atomic E-state index is 12.5. The Morgan fingerprint density at radius 3 is 2.43 bits per heavy atom. The topological polar surface area (TPSA) is 59.4 Å². The third kappa shape index (κ3) is 5.71. The lowest BCUT2D eigenvalue weighted by Crippen LogP contribution is -2.29. The number of alkyl halides is 3. The van der Waals surface area contributed by atoms with Gasteiger partial charge in [0.2, 0.25) is 5.95 Å². The highest BCUT2D eigenvalue weighted by molar-refractivity contribution is 5.97. The number of halogens is 3. The number of hydrogen-bond acceptors (Lipinski definition) is 4. The Morgan fingerprint density at radius 1 is 1.14 bits per heavy atom. The van der Waals surface area contributed by atoms with Crippen molar-refractivity contribution in [2.45, 2.75) is 52.4 Å². The average molecular weight is 489 g/mol. The van der Waals surface area contributed by atoms with Gasteiger partial charge in [0.1, 0.15) is 5.75 Å². The second-order valence-electron chi connectivity index (χ2n) is 10.5. The summed E-state index contributed by atoms with van der Waals surface area (Å²) in [5.74, 6) is 0.728. The Hall–Kier alpha value is -3.23. The van der Waals surface area contributed by atoms with E-state index in [1.54, 1.807) is 20.2 Å². The molecule has 6 nitrogen and oxygen atoms in total. The molecule has 188 valence electrons. The molecule has 1 amide bonds. The van der Waals surface area contributed by atoms with Crippen LogP contribution in [0.15, 0.2) is 42.5 Å². The molecule has 1 saturated carbocycles. The SMILES string of the molecule is C[C@H]1CC(n2c(Nc3ccc(OC(F)(F)F)cc3)nc3cc(C(=O)N(C)C)ccc32)CC(C)(C)C1. The maximum atomic E-state index is 12.5. The largest absolute Gasteiger partial charge is 0.573 e. The van der Waals surface area contributed by atoms with Gasteiger partial charge in [-0.15, -0.1) is 13.2 Å². The van der Waals surface area contributed by atoms with Gasteiger partial charge in [-0.25, -0.2) is 4.98 Å². The number of carbonyl (C=O) groups is 1. The minimum atomic E-state index is -4.74. The van der Waals surface area contributed by atoms with E-state index in [2.05, 4.69) is 35.4 Å². The monoisotopic (exact) mass is 488 g/mol. The zero-order valence-electron chi connectivity index (χ0n) is 20.6. The van der Waals surface area contributed by atoms with Crippen LogP contribution in [0.2, 0.25) is 0 Å². The summed E-state index contributed by atoms with van der Waals surface area (Å²) in [4.78, 5) is 18.8. The van der Waals surface area contributed by atoms with Crippen LogP contribution in [0, 0.1) is 11.3 Å². The number of fused-ring (bicyclic) bond motifs is 1. The van der Waals surface area contributed by atoms with Crippen LogP contribution in [0.5, 0.6) is 5.75 Å². The summed E-state index contributed by atoms with van der Waals surface area (Å²) < 4.78 is 43.7. The van der Waals surface area contributed by atoms with Gasteiger partial charge in [0.25, 0.3) is 5.91 Å². The fourth-order valence-electron chi connectivity index (χ4n) is 5.31. The fraction of sp³-hybridized carbons (Fsp3) is 0.462. The number of ether oxygens (including phenoxy) is 1. The molecule has 2 atom stereocenters. The van der Waals surface area contributed by atoms with E-state index in [-0.39, 0.29) is 23.1 Å². The quantitative estimate of drug-likeness (QED) is 0.431. The summed E-state index contributed by atoms with van der Waals surface area (Å²) in [5, 5.41) is 3.28. The van der Waals surface area contributed by atoms with Crippen molar-refractivity contribution in [1.29, 1.82) is 0 Å². The molecule has 0 bridgehead atoms. The van der Waals surface area contributed by atoms with Gasteiger partial charge in [0.05, 0.1) is 11.0 Å². The lowest BCUT2D eigenvalue weighted by Gasteiger charge is -2.40. The van der Waals surface area contributed by atoms with Crippen LogP contribution in [0.25, 0.3) is 11.0 Å². The molecule has 0 saturated heterocycles. The van der Waals surface area contributed by atoms with Crippen LogP contribution >= 0.6 is 0 Å². The summed E-state index contributed by atoms with van der Waals surface area (Å²) in [6.07, 6.45) is -1.65. The minimum absolute atomic E-state index is 0.108. The maximum Gasteiger partial charge on any atom is 0.573 e.